The zero-order valence-corrected chi connectivity index (χ0v) is 12.0. The van der Waals surface area contributed by atoms with Crippen molar-refractivity contribution in [2.75, 3.05) is 0 Å². The van der Waals surface area contributed by atoms with Crippen LogP contribution in [0.5, 0.6) is 0 Å². The van der Waals surface area contributed by atoms with E-state index in [1.807, 2.05) is 0 Å². The number of allylic oxidation sites excluding steroid dienone is 2. The Bertz CT molecular complexity index is 693. The molecule has 0 aromatic carbocycles. The molecule has 1 unspecified atom stereocenters. The number of rotatable bonds is 4. The summed E-state index contributed by atoms with van der Waals surface area (Å²) >= 11 is 6.37. The maximum Gasteiger partial charge on any atom is 0.326 e. The maximum absolute atomic E-state index is 11.5. The highest BCUT2D eigenvalue weighted by Crippen LogP contribution is 2.23. The summed E-state index contributed by atoms with van der Waals surface area (Å²) in [7, 11) is 0. The predicted octanol–water partition coefficient (Wildman–Crippen LogP) is 1.46. The molecule has 3 heterocycles. The number of dihydropyridines is 1. The fourth-order valence-electron chi connectivity index (χ4n) is 1.95. The van der Waals surface area contributed by atoms with Gasteiger partial charge < -0.3 is 19.8 Å². The lowest BCUT2D eigenvalue weighted by Gasteiger charge is -2.27. The predicted molar refractivity (Wildman–Crippen MR) is 77.2 cm³/mol. The minimum Gasteiger partial charge on any atom is -0.471 e. The summed E-state index contributed by atoms with van der Waals surface area (Å²) in [5.41, 5.74) is 0.0736. The lowest BCUT2D eigenvalue weighted by Crippen LogP contribution is -2.39. The highest BCUT2D eigenvalue weighted by Gasteiger charge is 2.31. The summed E-state index contributed by atoms with van der Waals surface area (Å²) in [4.78, 5) is 21.4. The first-order chi connectivity index (χ1) is 10.5. The van der Waals surface area contributed by atoms with Crippen LogP contribution in [0.25, 0.3) is 0 Å². The molecule has 3 N–H and O–H groups in total. The Morgan fingerprint density at radius 3 is 2.91 bits per heavy atom. The Balaban J connectivity index is 1.67. The van der Waals surface area contributed by atoms with Gasteiger partial charge in [0.05, 0.1) is 6.26 Å². The van der Waals surface area contributed by atoms with Crippen molar-refractivity contribution < 1.29 is 18.7 Å². The summed E-state index contributed by atoms with van der Waals surface area (Å²) in [5, 5.41) is 7.40. The van der Waals surface area contributed by atoms with Gasteiger partial charge in [-0.1, -0.05) is 17.7 Å². The lowest BCUT2D eigenvalue weighted by molar-refractivity contribution is -0.115. The highest BCUT2D eigenvalue weighted by molar-refractivity contribution is 6.27. The number of carbonyl (C=O) groups is 2. The monoisotopic (exact) mass is 321 g/mol. The number of furan rings is 1. The van der Waals surface area contributed by atoms with Gasteiger partial charge in [0.1, 0.15) is 18.1 Å². The Morgan fingerprint density at radius 1 is 1.36 bits per heavy atom. The number of imide groups is 1. The van der Waals surface area contributed by atoms with Crippen molar-refractivity contribution in [1.29, 1.82) is 0 Å². The number of hydrogen-bond donors (Lipinski definition) is 3. The van der Waals surface area contributed by atoms with Crippen LogP contribution in [-0.2, 0) is 16.1 Å². The van der Waals surface area contributed by atoms with Crippen LogP contribution in [0, 0.1) is 0 Å². The number of nitrogens with one attached hydrogen (secondary N) is 3. The van der Waals surface area contributed by atoms with Gasteiger partial charge in [0.2, 0.25) is 0 Å². The minimum atomic E-state index is -1.18. The van der Waals surface area contributed by atoms with Crippen LogP contribution in [0.2, 0.25) is 0 Å². The van der Waals surface area contributed by atoms with E-state index in [2.05, 4.69) is 16.0 Å². The molecule has 22 heavy (non-hydrogen) atoms. The third-order valence-corrected chi connectivity index (χ3v) is 3.26. The average Bonchev–Trinajstić information content (AvgIpc) is 3.07. The van der Waals surface area contributed by atoms with E-state index in [-0.39, 0.29) is 12.3 Å². The first-order valence-electron chi connectivity index (χ1n) is 6.41. The third kappa shape index (κ3) is 3.15. The molecule has 8 heteroatoms. The fraction of sp³-hybridized carbons (Fsp3) is 0.143. The molecule has 1 aromatic heterocycles. The number of ether oxygens (including phenoxy) is 1. The topological polar surface area (TPSA) is 92.6 Å². The van der Waals surface area contributed by atoms with E-state index in [0.717, 1.165) is 0 Å². The van der Waals surface area contributed by atoms with Crippen molar-refractivity contribution in [3.63, 3.8) is 0 Å². The molecule has 0 radical (unpaired) electrons. The van der Waals surface area contributed by atoms with Crippen molar-refractivity contribution >= 4 is 23.5 Å². The summed E-state index contributed by atoms with van der Waals surface area (Å²) in [6.45, 7) is 0.237. The maximum atomic E-state index is 11.5. The zero-order valence-electron chi connectivity index (χ0n) is 11.3. The smallest absolute Gasteiger partial charge is 0.326 e. The van der Waals surface area contributed by atoms with E-state index in [0.29, 0.717) is 11.6 Å². The first kappa shape index (κ1) is 14.3. The molecule has 114 valence electrons. The first-order valence-corrected chi connectivity index (χ1v) is 6.79. The van der Waals surface area contributed by atoms with E-state index in [1.165, 1.54) is 6.08 Å². The Hall–Kier alpha value is -2.67. The summed E-state index contributed by atoms with van der Waals surface area (Å²) < 4.78 is 10.7. The summed E-state index contributed by atoms with van der Waals surface area (Å²) in [6.07, 6.45) is 7.95. The van der Waals surface area contributed by atoms with Gasteiger partial charge in [-0.2, -0.15) is 0 Å². The summed E-state index contributed by atoms with van der Waals surface area (Å²) in [5.74, 6) is 0.543. The van der Waals surface area contributed by atoms with E-state index in [4.69, 9.17) is 20.8 Å². The molecule has 7 nitrogen and oxygen atoms in total. The van der Waals surface area contributed by atoms with Gasteiger partial charge in [0.15, 0.2) is 10.9 Å². The molecule has 0 spiro atoms. The number of carbonyl (C=O) groups excluding carboxylic acids is 2. The van der Waals surface area contributed by atoms with Crippen molar-refractivity contribution in [2.24, 2.45) is 0 Å². The zero-order chi connectivity index (χ0) is 15.6. The number of hydrogen-bond acceptors (Lipinski definition) is 5. The van der Waals surface area contributed by atoms with Crippen LogP contribution < -0.4 is 16.0 Å². The molecule has 2 aliphatic heterocycles. The van der Waals surface area contributed by atoms with Gasteiger partial charge in [0, 0.05) is 0 Å². The second kappa shape index (κ2) is 5.61. The van der Waals surface area contributed by atoms with Crippen LogP contribution in [-0.4, -0.2) is 16.9 Å². The molecule has 0 aliphatic carbocycles. The molecule has 2 aliphatic rings. The molecular weight excluding hydrogens is 310 g/mol. The standard InChI is InChI=1S/C14H12ClN3O4/c15-14(7-10-12(19)17-13(20)16-10)5-1-4-11(18-14)22-8-9-3-2-6-21-9/h1-7,18H,8H2,(H2,16,17,19,20)/b10-7-. The second-order valence-electron chi connectivity index (χ2n) is 4.62. The molecule has 0 saturated carbocycles. The fourth-order valence-corrected chi connectivity index (χ4v) is 2.23. The van der Waals surface area contributed by atoms with Crippen LogP contribution in [0.1, 0.15) is 5.76 Å². The second-order valence-corrected chi connectivity index (χ2v) is 5.24. The van der Waals surface area contributed by atoms with Gasteiger partial charge in [-0.3, -0.25) is 10.1 Å². The molecule has 0 bridgehead atoms. The van der Waals surface area contributed by atoms with Gasteiger partial charge in [-0.15, -0.1) is 0 Å². The molecule has 3 rings (SSSR count). The largest absolute Gasteiger partial charge is 0.471 e. The molecule has 1 saturated heterocycles. The van der Waals surface area contributed by atoms with Crippen molar-refractivity contribution in [3.8, 4) is 0 Å². The van der Waals surface area contributed by atoms with Crippen molar-refractivity contribution in [1.82, 2.24) is 16.0 Å². The number of urea groups is 1. The van der Waals surface area contributed by atoms with E-state index in [1.54, 1.807) is 36.6 Å². The highest BCUT2D eigenvalue weighted by atomic mass is 35.5. The number of alkyl halides is 1. The normalized spacial score (nSPS) is 25.5. The Labute approximate surface area is 130 Å². The number of halogens is 1. The Kier molecular flexibility index (Phi) is 3.64. The molecule has 1 aromatic rings. The van der Waals surface area contributed by atoms with Crippen molar-refractivity contribution in [2.45, 2.75) is 11.6 Å². The SMILES string of the molecule is O=C1NC(=O)/C(=C/C2(Cl)C=CC=C(OCc3ccco3)N2)N1. The van der Waals surface area contributed by atoms with Crippen LogP contribution in [0.15, 0.2) is 58.7 Å². The van der Waals surface area contributed by atoms with Crippen LogP contribution in [0.4, 0.5) is 4.79 Å². The van der Waals surface area contributed by atoms with E-state index >= 15 is 0 Å². The lowest BCUT2D eigenvalue weighted by atomic mass is 10.1. The Morgan fingerprint density at radius 2 is 2.23 bits per heavy atom. The van der Waals surface area contributed by atoms with Crippen molar-refractivity contribution in [3.05, 3.63) is 60.0 Å². The molecular formula is C14H12ClN3O4. The quantitative estimate of drug-likeness (QED) is 0.338. The average molecular weight is 322 g/mol. The molecule has 1 fully saturated rings. The van der Waals surface area contributed by atoms with E-state index in [9.17, 15) is 9.59 Å². The molecule has 1 atom stereocenters. The molecule has 3 amide bonds. The van der Waals surface area contributed by atoms with E-state index < -0.39 is 16.9 Å². The number of amides is 3. The summed E-state index contributed by atoms with van der Waals surface area (Å²) in [6, 6.07) is 2.97. The van der Waals surface area contributed by atoms with Crippen LogP contribution in [0.3, 0.4) is 0 Å². The van der Waals surface area contributed by atoms with Crippen LogP contribution >= 0.6 is 11.6 Å². The van der Waals surface area contributed by atoms with Gasteiger partial charge in [0.25, 0.3) is 5.91 Å². The minimum absolute atomic E-state index is 0.0736. The van der Waals surface area contributed by atoms with Gasteiger partial charge >= 0.3 is 6.03 Å². The van der Waals surface area contributed by atoms with Gasteiger partial charge in [-0.25, -0.2) is 4.79 Å². The third-order valence-electron chi connectivity index (χ3n) is 2.93. The van der Waals surface area contributed by atoms with Gasteiger partial charge in [-0.05, 0) is 30.4 Å².